The summed E-state index contributed by atoms with van der Waals surface area (Å²) in [6, 6.07) is 10.8. The molecule has 0 spiro atoms. The number of rotatable bonds is 3. The first-order valence-corrected chi connectivity index (χ1v) is 6.85. The second-order valence-electron chi connectivity index (χ2n) is 3.79. The lowest BCUT2D eigenvalue weighted by Crippen LogP contribution is -3.00. The molecule has 0 amide bonds. The Balaban J connectivity index is 0.00000112. The van der Waals surface area contributed by atoms with Gasteiger partial charge < -0.3 is 12.4 Å². The van der Waals surface area contributed by atoms with Crippen LogP contribution in [0.1, 0.15) is 18.4 Å². The molecule has 0 aromatic heterocycles. The fourth-order valence-electron chi connectivity index (χ4n) is 2.01. The fourth-order valence-corrected chi connectivity index (χ4v) is 4.60. The Kier molecular flexibility index (Phi) is 5.27. The summed E-state index contributed by atoms with van der Waals surface area (Å²) in [6.07, 6.45) is 4.92. The molecule has 1 aromatic carbocycles. The van der Waals surface area contributed by atoms with Crippen molar-refractivity contribution in [1.82, 2.24) is 0 Å². The minimum Gasteiger partial charge on any atom is -1.00 e. The van der Waals surface area contributed by atoms with Crippen molar-refractivity contribution in [1.29, 1.82) is 0 Å². The van der Waals surface area contributed by atoms with Crippen LogP contribution in [-0.4, -0.2) is 11.0 Å². The lowest BCUT2D eigenvalue weighted by Gasteiger charge is -2.06. The maximum absolute atomic E-state index is 3.94. The first-order valence-electron chi connectivity index (χ1n) is 5.23. The summed E-state index contributed by atoms with van der Waals surface area (Å²) in [5, 5.41) is 0.787. The van der Waals surface area contributed by atoms with Gasteiger partial charge in [-0.15, -0.1) is 0 Å². The monoisotopic (exact) mass is 240 g/mol. The molecule has 2 heteroatoms. The number of hydrogen-bond acceptors (Lipinski definition) is 0. The van der Waals surface area contributed by atoms with Crippen LogP contribution in [0.25, 0.3) is 0 Å². The van der Waals surface area contributed by atoms with Gasteiger partial charge in [-0.05, 0) is 23.4 Å². The molecule has 0 N–H and O–H groups in total. The second kappa shape index (κ2) is 6.24. The highest BCUT2D eigenvalue weighted by Crippen LogP contribution is 2.26. The van der Waals surface area contributed by atoms with Gasteiger partial charge in [0.1, 0.15) is 16.8 Å². The fraction of sp³-hybridized carbons (Fsp3) is 0.385. The highest BCUT2D eigenvalue weighted by Gasteiger charge is 2.33. The molecule has 1 fully saturated rings. The van der Waals surface area contributed by atoms with Crippen LogP contribution in [-0.2, 0) is 16.6 Å². The molecule has 0 aliphatic carbocycles. The van der Waals surface area contributed by atoms with E-state index in [9.17, 15) is 0 Å². The van der Waals surface area contributed by atoms with Gasteiger partial charge in [-0.2, -0.15) is 0 Å². The minimum atomic E-state index is 0. The summed E-state index contributed by atoms with van der Waals surface area (Å²) in [5.41, 5.74) is 1.49. The van der Waals surface area contributed by atoms with Crippen LogP contribution >= 0.6 is 0 Å². The van der Waals surface area contributed by atoms with E-state index in [1.54, 1.807) is 0 Å². The maximum atomic E-state index is 3.94. The van der Waals surface area contributed by atoms with E-state index in [1.807, 2.05) is 0 Å². The van der Waals surface area contributed by atoms with Gasteiger partial charge in [-0.25, -0.2) is 0 Å². The summed E-state index contributed by atoms with van der Waals surface area (Å²) in [4.78, 5) is 0. The standard InChI is InChI=1S/C13H17S.ClH/c1-2-13-9-6-10-14(13)11-12-7-4-3-5-8-12;/h2-5,7-8,13H,1,6,9-11H2;1H/q+1;/p-1. The molecule has 1 aliphatic heterocycles. The van der Waals surface area contributed by atoms with Gasteiger partial charge in [0, 0.05) is 12.0 Å². The SMILES string of the molecule is C=CC1CCC[S+]1Cc1ccccc1.[Cl-]. The average molecular weight is 241 g/mol. The molecular weight excluding hydrogens is 224 g/mol. The topological polar surface area (TPSA) is 0 Å². The van der Waals surface area contributed by atoms with Gasteiger partial charge >= 0.3 is 0 Å². The quantitative estimate of drug-likeness (QED) is 0.522. The molecule has 0 nitrogen and oxygen atoms in total. The van der Waals surface area contributed by atoms with E-state index in [1.165, 1.54) is 29.9 Å². The Labute approximate surface area is 102 Å². The van der Waals surface area contributed by atoms with Gasteiger partial charge in [0.2, 0.25) is 0 Å². The molecule has 0 saturated carbocycles. The van der Waals surface area contributed by atoms with Gasteiger partial charge in [0.15, 0.2) is 0 Å². The summed E-state index contributed by atoms with van der Waals surface area (Å²) in [6.45, 7) is 3.94. The van der Waals surface area contributed by atoms with E-state index in [0.717, 1.165) is 5.25 Å². The zero-order chi connectivity index (χ0) is 9.80. The van der Waals surface area contributed by atoms with Gasteiger partial charge in [0.25, 0.3) is 0 Å². The van der Waals surface area contributed by atoms with Gasteiger partial charge in [-0.1, -0.05) is 36.9 Å². The summed E-state index contributed by atoms with van der Waals surface area (Å²) in [5.74, 6) is 2.67. The van der Waals surface area contributed by atoms with Crippen molar-refractivity contribution in [3.63, 3.8) is 0 Å². The third-order valence-corrected chi connectivity index (χ3v) is 5.58. The van der Waals surface area contributed by atoms with E-state index < -0.39 is 0 Å². The van der Waals surface area contributed by atoms with E-state index in [2.05, 4.69) is 43.0 Å². The van der Waals surface area contributed by atoms with Crippen LogP contribution in [0.3, 0.4) is 0 Å². The zero-order valence-electron chi connectivity index (χ0n) is 8.86. The molecule has 15 heavy (non-hydrogen) atoms. The molecule has 1 heterocycles. The van der Waals surface area contributed by atoms with Crippen molar-refractivity contribution in [3.8, 4) is 0 Å². The van der Waals surface area contributed by atoms with Crippen LogP contribution in [0.2, 0.25) is 0 Å². The first-order chi connectivity index (χ1) is 6.90. The average Bonchev–Trinajstić information content (AvgIpc) is 2.67. The molecule has 1 aromatic rings. The predicted octanol–water partition coefficient (Wildman–Crippen LogP) is 0.157. The van der Waals surface area contributed by atoms with Crippen LogP contribution < -0.4 is 12.4 Å². The predicted molar refractivity (Wildman–Crippen MR) is 65.6 cm³/mol. The summed E-state index contributed by atoms with van der Waals surface area (Å²) >= 11 is 0. The molecule has 2 rings (SSSR count). The number of benzene rings is 1. The Bertz CT molecular complexity index is 297. The Morgan fingerprint density at radius 1 is 1.33 bits per heavy atom. The lowest BCUT2D eigenvalue weighted by molar-refractivity contribution is -0.00000286. The Morgan fingerprint density at radius 2 is 2.07 bits per heavy atom. The number of halogens is 1. The summed E-state index contributed by atoms with van der Waals surface area (Å²) in [7, 11) is 0.566. The van der Waals surface area contributed by atoms with Crippen molar-refractivity contribution in [3.05, 3.63) is 48.6 Å². The van der Waals surface area contributed by atoms with Crippen molar-refractivity contribution >= 4 is 10.9 Å². The van der Waals surface area contributed by atoms with E-state index >= 15 is 0 Å². The molecule has 0 bridgehead atoms. The largest absolute Gasteiger partial charge is 1.00 e. The first kappa shape index (κ1) is 12.7. The van der Waals surface area contributed by atoms with Crippen LogP contribution in [0, 0.1) is 0 Å². The maximum Gasteiger partial charge on any atom is 0.136 e. The van der Waals surface area contributed by atoms with Gasteiger partial charge in [0.05, 0.1) is 0 Å². The van der Waals surface area contributed by atoms with Gasteiger partial charge in [-0.3, -0.25) is 0 Å². The highest BCUT2D eigenvalue weighted by molar-refractivity contribution is 7.97. The van der Waals surface area contributed by atoms with Crippen molar-refractivity contribution < 1.29 is 12.4 Å². The minimum absolute atomic E-state index is 0. The third kappa shape index (κ3) is 3.29. The molecule has 82 valence electrons. The van der Waals surface area contributed by atoms with E-state index in [0.29, 0.717) is 10.9 Å². The van der Waals surface area contributed by atoms with Crippen LogP contribution in [0.4, 0.5) is 0 Å². The molecular formula is C13H17ClS. The third-order valence-electron chi connectivity index (χ3n) is 2.78. The second-order valence-corrected chi connectivity index (χ2v) is 6.17. The molecule has 2 atom stereocenters. The molecule has 2 unspecified atom stereocenters. The van der Waals surface area contributed by atoms with Crippen LogP contribution in [0.5, 0.6) is 0 Å². The summed E-state index contributed by atoms with van der Waals surface area (Å²) < 4.78 is 0. The molecule has 0 radical (unpaired) electrons. The number of hydrogen-bond donors (Lipinski definition) is 0. The smallest absolute Gasteiger partial charge is 0.136 e. The Hall–Kier alpha value is -0.400. The zero-order valence-corrected chi connectivity index (χ0v) is 10.4. The highest BCUT2D eigenvalue weighted by atomic mass is 35.5. The normalized spacial score (nSPS) is 24.5. The van der Waals surface area contributed by atoms with Crippen molar-refractivity contribution in [2.24, 2.45) is 0 Å². The molecule has 1 aliphatic rings. The van der Waals surface area contributed by atoms with Crippen LogP contribution in [0.15, 0.2) is 43.0 Å². The van der Waals surface area contributed by atoms with E-state index in [-0.39, 0.29) is 12.4 Å². The lowest BCUT2D eigenvalue weighted by atomic mass is 10.2. The van der Waals surface area contributed by atoms with E-state index in [4.69, 9.17) is 0 Å². The molecule has 1 saturated heterocycles. The van der Waals surface area contributed by atoms with Crippen molar-refractivity contribution in [2.75, 3.05) is 5.75 Å². The van der Waals surface area contributed by atoms with Crippen molar-refractivity contribution in [2.45, 2.75) is 23.8 Å². The Morgan fingerprint density at radius 3 is 2.73 bits per heavy atom.